The molecule has 32 heavy (non-hydrogen) atoms. The summed E-state index contributed by atoms with van der Waals surface area (Å²) < 4.78 is 0. The third-order valence-corrected chi connectivity index (χ3v) is 5.13. The van der Waals surface area contributed by atoms with Crippen LogP contribution in [0.5, 0.6) is 0 Å². The molecule has 0 aliphatic carbocycles. The maximum absolute atomic E-state index is 12.7. The molecule has 0 fully saturated rings. The Labute approximate surface area is 194 Å². The van der Waals surface area contributed by atoms with Crippen molar-refractivity contribution in [3.05, 3.63) is 0 Å². The number of nitrogens with one attached hydrogen (secondary N) is 3. The molecule has 0 aromatic heterocycles. The first-order valence-corrected chi connectivity index (χ1v) is 11.5. The second-order valence-electron chi connectivity index (χ2n) is 6.77. The first-order chi connectivity index (χ1) is 14.9. The summed E-state index contributed by atoms with van der Waals surface area (Å²) >= 11 is 5.46. The van der Waals surface area contributed by atoms with E-state index in [-0.39, 0.29) is 18.6 Å². The summed E-state index contributed by atoms with van der Waals surface area (Å²) in [6.07, 6.45) is 1.17. The zero-order chi connectivity index (χ0) is 24.8. The van der Waals surface area contributed by atoms with Crippen LogP contribution in [0.15, 0.2) is 0 Å². The van der Waals surface area contributed by atoms with Gasteiger partial charge in [0.2, 0.25) is 29.5 Å². The van der Waals surface area contributed by atoms with E-state index in [0.29, 0.717) is 12.2 Å². The molecule has 182 valence electrons. The minimum atomic E-state index is -1.60. The number of primary amides is 2. The monoisotopic (exact) mass is 494 g/mol. The van der Waals surface area contributed by atoms with Crippen molar-refractivity contribution < 1.29 is 33.9 Å². The number of carbonyl (C=O) groups excluding carboxylic acids is 5. The van der Waals surface area contributed by atoms with E-state index in [1.165, 1.54) is 11.8 Å². The molecule has 13 nitrogen and oxygen atoms in total. The van der Waals surface area contributed by atoms with Gasteiger partial charge in [0.15, 0.2) is 0 Å². The van der Waals surface area contributed by atoms with Gasteiger partial charge in [-0.25, -0.2) is 4.79 Å². The minimum absolute atomic E-state index is 0.150. The van der Waals surface area contributed by atoms with Gasteiger partial charge in [-0.3, -0.25) is 24.0 Å². The van der Waals surface area contributed by atoms with E-state index in [1.54, 1.807) is 0 Å². The van der Waals surface area contributed by atoms with Gasteiger partial charge in [0.25, 0.3) is 0 Å². The molecule has 0 rings (SSSR count). The van der Waals surface area contributed by atoms with Crippen LogP contribution in [-0.4, -0.2) is 82.5 Å². The van der Waals surface area contributed by atoms with Crippen LogP contribution >= 0.6 is 24.4 Å². The number of thioether (sulfide) groups is 1. The van der Waals surface area contributed by atoms with Gasteiger partial charge in [-0.2, -0.15) is 24.4 Å². The van der Waals surface area contributed by atoms with Crippen molar-refractivity contribution in [2.45, 2.75) is 49.9 Å². The maximum atomic E-state index is 12.7. The smallest absolute Gasteiger partial charge is 0.326 e. The number of hydrogen-bond donors (Lipinski definition) is 8. The van der Waals surface area contributed by atoms with Gasteiger partial charge >= 0.3 is 5.97 Å². The Morgan fingerprint density at radius 3 is 1.88 bits per heavy atom. The normalized spacial score (nSPS) is 14.3. The average molecular weight is 495 g/mol. The number of amides is 5. The molecule has 0 bridgehead atoms. The molecule has 10 N–H and O–H groups in total. The van der Waals surface area contributed by atoms with E-state index in [0.717, 1.165) is 0 Å². The molecule has 5 amide bonds. The van der Waals surface area contributed by atoms with E-state index in [4.69, 9.17) is 22.3 Å². The van der Waals surface area contributed by atoms with Crippen molar-refractivity contribution in [2.24, 2.45) is 17.2 Å². The lowest BCUT2D eigenvalue weighted by molar-refractivity contribution is -0.143. The van der Waals surface area contributed by atoms with Crippen LogP contribution in [0.1, 0.15) is 25.7 Å². The Morgan fingerprint density at radius 1 is 0.875 bits per heavy atom. The fraction of sp³-hybridized carbons (Fsp3) is 0.647. The van der Waals surface area contributed by atoms with Crippen molar-refractivity contribution in [2.75, 3.05) is 17.8 Å². The highest BCUT2D eigenvalue weighted by Crippen LogP contribution is 2.04. The average Bonchev–Trinajstić information content (AvgIpc) is 2.71. The Balaban J connectivity index is 5.27. The van der Waals surface area contributed by atoms with Gasteiger partial charge in [0.05, 0.1) is 12.5 Å². The molecule has 0 heterocycles. The molecule has 0 saturated carbocycles. The fourth-order valence-corrected chi connectivity index (χ4v) is 3.10. The number of rotatable bonds is 16. The summed E-state index contributed by atoms with van der Waals surface area (Å²) in [4.78, 5) is 70.6. The Kier molecular flexibility index (Phi) is 14.1. The number of carboxylic acids is 1. The zero-order valence-corrected chi connectivity index (χ0v) is 19.2. The highest BCUT2D eigenvalue weighted by atomic mass is 32.2. The van der Waals surface area contributed by atoms with Gasteiger partial charge < -0.3 is 38.3 Å². The molecule has 0 aromatic rings. The Hall–Kier alpha value is -2.52. The quantitative estimate of drug-likeness (QED) is 0.1000. The SMILES string of the molecule is CSCCC(N)C(=O)NC(CCC(N)=O)C(=O)NC(CS)C(=O)NC(CC(N)=O)C(=O)O. The summed E-state index contributed by atoms with van der Waals surface area (Å²) in [6, 6.07) is -5.02. The molecular formula is C17H30N6O7S2. The van der Waals surface area contributed by atoms with Crippen LogP contribution in [0.2, 0.25) is 0 Å². The van der Waals surface area contributed by atoms with E-state index in [1.807, 2.05) is 6.26 Å². The first-order valence-electron chi connectivity index (χ1n) is 9.48. The van der Waals surface area contributed by atoms with Crippen LogP contribution in [-0.2, 0) is 28.8 Å². The lowest BCUT2D eigenvalue weighted by atomic mass is 10.1. The molecule has 0 aliphatic rings. The van der Waals surface area contributed by atoms with Crippen molar-refractivity contribution in [3.63, 3.8) is 0 Å². The topological polar surface area (TPSA) is 237 Å². The maximum Gasteiger partial charge on any atom is 0.326 e. The summed E-state index contributed by atoms with van der Waals surface area (Å²) in [5, 5.41) is 15.9. The zero-order valence-electron chi connectivity index (χ0n) is 17.5. The third kappa shape index (κ3) is 11.8. The first kappa shape index (κ1) is 29.5. The second-order valence-corrected chi connectivity index (χ2v) is 8.12. The standard InChI is InChI=1S/C17H30N6O7S2/c1-32-5-4-8(18)14(26)21-9(2-3-12(19)24)15(27)23-11(7-31)16(28)22-10(17(29)30)6-13(20)25/h8-11,31H,2-7,18H2,1H3,(H2,19,24)(H2,20,25)(H,21,26)(H,22,28)(H,23,27)(H,29,30). The number of hydrogen-bond acceptors (Lipinski definition) is 9. The van der Waals surface area contributed by atoms with Crippen molar-refractivity contribution in [1.82, 2.24) is 16.0 Å². The van der Waals surface area contributed by atoms with E-state index in [2.05, 4.69) is 28.6 Å². The van der Waals surface area contributed by atoms with Gasteiger partial charge in [-0.1, -0.05) is 0 Å². The second kappa shape index (κ2) is 15.3. The van der Waals surface area contributed by atoms with Crippen LogP contribution in [0.3, 0.4) is 0 Å². The number of aliphatic carboxylic acids is 1. The fourth-order valence-electron chi connectivity index (χ4n) is 2.35. The molecule has 0 saturated heterocycles. The lowest BCUT2D eigenvalue weighted by Gasteiger charge is -2.24. The third-order valence-electron chi connectivity index (χ3n) is 4.12. The largest absolute Gasteiger partial charge is 0.480 e. The van der Waals surface area contributed by atoms with Crippen LogP contribution in [0, 0.1) is 0 Å². The summed E-state index contributed by atoms with van der Waals surface area (Å²) in [6.45, 7) is 0. The molecule has 0 aliphatic heterocycles. The molecule has 4 atom stereocenters. The van der Waals surface area contributed by atoms with Gasteiger partial charge in [-0.15, -0.1) is 0 Å². The summed E-state index contributed by atoms with van der Waals surface area (Å²) in [7, 11) is 0. The predicted molar refractivity (Wildman–Crippen MR) is 120 cm³/mol. The molecule has 15 heteroatoms. The van der Waals surface area contributed by atoms with Crippen molar-refractivity contribution >= 4 is 59.9 Å². The van der Waals surface area contributed by atoms with Crippen LogP contribution in [0.4, 0.5) is 0 Å². The number of thiol groups is 1. The highest BCUT2D eigenvalue weighted by molar-refractivity contribution is 7.98. The minimum Gasteiger partial charge on any atom is -0.480 e. The Bertz CT molecular complexity index is 709. The highest BCUT2D eigenvalue weighted by Gasteiger charge is 2.30. The molecule has 0 aromatic carbocycles. The lowest BCUT2D eigenvalue weighted by Crippen LogP contribution is -2.58. The number of carboxylic acid groups (broad SMARTS) is 1. The summed E-state index contributed by atoms with van der Waals surface area (Å²) in [5.41, 5.74) is 15.9. The molecule has 0 spiro atoms. The van der Waals surface area contributed by atoms with Crippen molar-refractivity contribution in [1.29, 1.82) is 0 Å². The van der Waals surface area contributed by atoms with Gasteiger partial charge in [0.1, 0.15) is 18.1 Å². The van der Waals surface area contributed by atoms with E-state index >= 15 is 0 Å². The van der Waals surface area contributed by atoms with Gasteiger partial charge in [0, 0.05) is 12.2 Å². The van der Waals surface area contributed by atoms with E-state index < -0.39 is 66.1 Å². The van der Waals surface area contributed by atoms with Gasteiger partial charge in [-0.05, 0) is 24.9 Å². The molecule has 0 radical (unpaired) electrons. The Morgan fingerprint density at radius 2 is 1.41 bits per heavy atom. The number of carbonyl (C=O) groups is 6. The van der Waals surface area contributed by atoms with Crippen LogP contribution < -0.4 is 33.2 Å². The van der Waals surface area contributed by atoms with Crippen LogP contribution in [0.25, 0.3) is 0 Å². The summed E-state index contributed by atoms with van der Waals surface area (Å²) in [5.74, 6) is -5.14. The van der Waals surface area contributed by atoms with E-state index in [9.17, 15) is 28.8 Å². The number of nitrogens with two attached hydrogens (primary N) is 3. The van der Waals surface area contributed by atoms with Crippen molar-refractivity contribution in [3.8, 4) is 0 Å². The molecular weight excluding hydrogens is 464 g/mol. The molecule has 4 unspecified atom stereocenters. The predicted octanol–water partition coefficient (Wildman–Crippen LogP) is -3.32.